The van der Waals surface area contributed by atoms with Crippen molar-refractivity contribution in [3.05, 3.63) is 100 Å². The molecule has 2 aromatic heterocycles. The predicted molar refractivity (Wildman–Crippen MR) is 139 cm³/mol. The van der Waals surface area contributed by atoms with E-state index in [1.165, 1.54) is 28.2 Å². The lowest BCUT2D eigenvalue weighted by Crippen LogP contribution is -2.28. The summed E-state index contributed by atoms with van der Waals surface area (Å²) in [4.78, 5) is 24.7. The number of rotatable bonds is 7. The largest absolute Gasteiger partial charge is 0.486 e. The van der Waals surface area contributed by atoms with Gasteiger partial charge in [0.25, 0.3) is 0 Å². The minimum Gasteiger partial charge on any atom is -0.486 e. The number of amides is 1. The number of ether oxygens (including phenoxy) is 1. The van der Waals surface area contributed by atoms with Crippen LogP contribution in [0.1, 0.15) is 21.8 Å². The van der Waals surface area contributed by atoms with Crippen LogP contribution in [-0.2, 0) is 17.8 Å². The van der Waals surface area contributed by atoms with Gasteiger partial charge in [0.1, 0.15) is 17.4 Å². The Morgan fingerprint density at radius 1 is 0.941 bits per heavy atom. The molecule has 0 unspecified atom stereocenters. The lowest BCUT2D eigenvalue weighted by Gasteiger charge is -2.21. The number of aromatic nitrogens is 2. The number of hydrogen-bond donors (Lipinski definition) is 0. The van der Waals surface area contributed by atoms with Crippen LogP contribution in [0.15, 0.2) is 78.2 Å². The van der Waals surface area contributed by atoms with Crippen molar-refractivity contribution in [2.24, 2.45) is 0 Å². The molecule has 0 bridgehead atoms. The maximum atomic E-state index is 13.6. The molecule has 0 atom stereocenters. The third-order valence-electron chi connectivity index (χ3n) is 5.39. The summed E-state index contributed by atoms with van der Waals surface area (Å²) in [5, 5.41) is 3.43. The molecule has 0 saturated carbocycles. The minimum absolute atomic E-state index is 0.0651. The molecular weight excluding hydrogens is 462 g/mol. The van der Waals surface area contributed by atoms with Crippen LogP contribution in [-0.4, -0.2) is 15.9 Å². The molecule has 0 aliphatic rings. The molecule has 170 valence electrons. The number of benzene rings is 3. The van der Waals surface area contributed by atoms with Crippen LogP contribution < -0.4 is 9.64 Å². The molecule has 0 spiro atoms. The topological polar surface area (TPSA) is 55.3 Å². The molecule has 1 amide bonds. The molecule has 0 radical (unpaired) electrons. The second-order valence-corrected chi connectivity index (χ2v) is 9.94. The van der Waals surface area contributed by atoms with E-state index in [0.29, 0.717) is 11.7 Å². The lowest BCUT2D eigenvalue weighted by molar-refractivity contribution is -0.117. The van der Waals surface area contributed by atoms with Crippen molar-refractivity contribution < 1.29 is 9.53 Å². The van der Waals surface area contributed by atoms with E-state index >= 15 is 0 Å². The molecule has 3 aromatic carbocycles. The first kappa shape index (κ1) is 22.3. The Morgan fingerprint density at radius 2 is 1.71 bits per heavy atom. The third-order valence-corrected chi connectivity index (χ3v) is 7.29. The Hall–Kier alpha value is -3.55. The van der Waals surface area contributed by atoms with E-state index in [9.17, 15) is 4.79 Å². The molecular formula is C27H23N3O2S2. The summed E-state index contributed by atoms with van der Waals surface area (Å²) < 4.78 is 6.89. The van der Waals surface area contributed by atoms with Gasteiger partial charge in [-0.1, -0.05) is 59.4 Å². The maximum absolute atomic E-state index is 13.6. The first-order valence-electron chi connectivity index (χ1n) is 10.9. The van der Waals surface area contributed by atoms with Crippen molar-refractivity contribution in [3.63, 3.8) is 0 Å². The number of fused-ring (bicyclic) bond motifs is 1. The van der Waals surface area contributed by atoms with Gasteiger partial charge in [0.15, 0.2) is 5.13 Å². The van der Waals surface area contributed by atoms with Crippen LogP contribution in [0.3, 0.4) is 0 Å². The zero-order chi connectivity index (χ0) is 23.5. The molecule has 0 aliphatic carbocycles. The van der Waals surface area contributed by atoms with Gasteiger partial charge in [-0.05, 0) is 49.7 Å². The molecule has 0 fully saturated rings. The number of aryl methyl sites for hydroxylation is 2. The summed E-state index contributed by atoms with van der Waals surface area (Å²) >= 11 is 3.02. The van der Waals surface area contributed by atoms with Gasteiger partial charge in [-0.25, -0.2) is 9.97 Å². The standard InChI is InChI=1S/C27H23N3O2S2/c1-18-11-13-21(14-12-18)32-16-25-28-20(17-33-25)15-26(31)30(23-9-5-3-7-19(23)2)27-29-22-8-4-6-10-24(22)34-27/h3-14,17H,15-16H2,1-2H3. The normalized spacial score (nSPS) is 11.0. The number of para-hydroxylation sites is 2. The van der Waals surface area contributed by atoms with E-state index in [4.69, 9.17) is 9.72 Å². The number of carbonyl (C=O) groups excluding carboxylic acids is 1. The fourth-order valence-corrected chi connectivity index (χ4v) is 5.33. The summed E-state index contributed by atoms with van der Waals surface area (Å²) in [6.45, 7) is 4.43. The highest BCUT2D eigenvalue weighted by Crippen LogP contribution is 2.35. The third kappa shape index (κ3) is 4.85. The number of carbonyl (C=O) groups is 1. The van der Waals surface area contributed by atoms with Crippen molar-refractivity contribution in [3.8, 4) is 5.75 Å². The van der Waals surface area contributed by atoms with Crippen molar-refractivity contribution in [1.29, 1.82) is 0 Å². The van der Waals surface area contributed by atoms with Crippen LogP contribution in [0, 0.1) is 13.8 Å². The minimum atomic E-state index is -0.0651. The zero-order valence-corrected chi connectivity index (χ0v) is 20.5. The molecule has 2 heterocycles. The predicted octanol–water partition coefficient (Wildman–Crippen LogP) is 6.86. The smallest absolute Gasteiger partial charge is 0.239 e. The highest BCUT2D eigenvalue weighted by atomic mass is 32.1. The Kier molecular flexibility index (Phi) is 6.38. The quantitative estimate of drug-likeness (QED) is 0.253. The average molecular weight is 486 g/mol. The van der Waals surface area contributed by atoms with Crippen molar-refractivity contribution in [1.82, 2.24) is 9.97 Å². The van der Waals surface area contributed by atoms with Gasteiger partial charge in [-0.15, -0.1) is 11.3 Å². The summed E-state index contributed by atoms with van der Waals surface area (Å²) in [5.74, 6) is 0.740. The van der Waals surface area contributed by atoms with Crippen LogP contribution >= 0.6 is 22.7 Å². The van der Waals surface area contributed by atoms with Gasteiger partial charge < -0.3 is 4.74 Å². The highest BCUT2D eigenvalue weighted by Gasteiger charge is 2.24. The van der Waals surface area contributed by atoms with Crippen molar-refractivity contribution in [2.45, 2.75) is 26.9 Å². The fraction of sp³-hybridized carbons (Fsp3) is 0.148. The SMILES string of the molecule is Cc1ccc(OCc2nc(CC(=O)N(c3nc4ccccc4s3)c3ccccc3C)cs2)cc1. The molecule has 7 heteroatoms. The summed E-state index contributed by atoms with van der Waals surface area (Å²) in [6.07, 6.45) is 0.186. The lowest BCUT2D eigenvalue weighted by atomic mass is 10.1. The highest BCUT2D eigenvalue weighted by molar-refractivity contribution is 7.22. The van der Waals surface area contributed by atoms with E-state index < -0.39 is 0 Å². The van der Waals surface area contributed by atoms with E-state index in [-0.39, 0.29) is 12.3 Å². The van der Waals surface area contributed by atoms with Crippen LogP contribution in [0.4, 0.5) is 10.8 Å². The summed E-state index contributed by atoms with van der Waals surface area (Å²) in [5.41, 5.74) is 4.66. The van der Waals surface area contributed by atoms with Crippen LogP contribution in [0.25, 0.3) is 10.2 Å². The molecule has 5 rings (SSSR count). The van der Waals surface area contributed by atoms with Gasteiger partial charge in [0, 0.05) is 5.38 Å². The Morgan fingerprint density at radius 3 is 2.50 bits per heavy atom. The fourth-order valence-electron chi connectivity index (χ4n) is 3.62. The van der Waals surface area contributed by atoms with Crippen molar-refractivity contribution in [2.75, 3.05) is 4.90 Å². The maximum Gasteiger partial charge on any atom is 0.239 e. The molecule has 0 N–H and O–H groups in total. The number of thiazole rings is 2. The van der Waals surface area contributed by atoms with Crippen molar-refractivity contribution >= 4 is 49.6 Å². The van der Waals surface area contributed by atoms with Gasteiger partial charge in [-0.2, -0.15) is 0 Å². The monoisotopic (exact) mass is 485 g/mol. The van der Waals surface area contributed by atoms with E-state index in [2.05, 4.69) is 4.98 Å². The number of hydrogen-bond acceptors (Lipinski definition) is 6. The first-order chi connectivity index (χ1) is 16.6. The van der Waals surface area contributed by atoms with Gasteiger partial charge >= 0.3 is 0 Å². The number of anilines is 2. The van der Waals surface area contributed by atoms with E-state index in [1.807, 2.05) is 92.0 Å². The van der Waals surface area contributed by atoms with Crippen LogP contribution in [0.5, 0.6) is 5.75 Å². The van der Waals surface area contributed by atoms with Crippen LogP contribution in [0.2, 0.25) is 0 Å². The van der Waals surface area contributed by atoms with Gasteiger partial charge in [-0.3, -0.25) is 9.69 Å². The van der Waals surface area contributed by atoms with E-state index in [0.717, 1.165) is 37.9 Å². The van der Waals surface area contributed by atoms with Gasteiger partial charge in [0.05, 0.1) is 28.0 Å². The Balaban J connectivity index is 1.37. The average Bonchev–Trinajstić information content (AvgIpc) is 3.47. The molecule has 0 aliphatic heterocycles. The first-order valence-corrected chi connectivity index (χ1v) is 12.6. The Bertz CT molecular complexity index is 1410. The zero-order valence-electron chi connectivity index (χ0n) is 18.9. The molecule has 5 aromatic rings. The van der Waals surface area contributed by atoms with E-state index in [1.54, 1.807) is 4.90 Å². The second-order valence-electron chi connectivity index (χ2n) is 7.99. The second kappa shape index (κ2) is 9.75. The summed E-state index contributed by atoms with van der Waals surface area (Å²) in [7, 11) is 0. The number of nitrogens with zero attached hydrogens (tertiary/aromatic N) is 3. The molecule has 5 nitrogen and oxygen atoms in total. The molecule has 0 saturated heterocycles. The Labute approximate surface area is 206 Å². The van der Waals surface area contributed by atoms with Gasteiger partial charge in [0.2, 0.25) is 5.91 Å². The molecule has 34 heavy (non-hydrogen) atoms. The summed E-state index contributed by atoms with van der Waals surface area (Å²) in [6, 6.07) is 23.8.